The Morgan fingerprint density at radius 1 is 1.04 bits per heavy atom. The monoisotopic (exact) mass is 379 g/mol. The smallest absolute Gasteiger partial charge is 0.191 e. The molecule has 140 valence electrons. The van der Waals surface area contributed by atoms with E-state index in [0.29, 0.717) is 19.1 Å². The SMILES string of the molecule is CN=C(NCCOc1ccccc1)NCCS(=O)(=O)c1ccccc1F. The molecular formula is C18H22FN3O3S. The fourth-order valence-electron chi connectivity index (χ4n) is 2.19. The minimum absolute atomic E-state index is 0.107. The predicted octanol–water partition coefficient (Wildman–Crippen LogP) is 1.84. The molecule has 2 N–H and O–H groups in total. The minimum Gasteiger partial charge on any atom is -0.492 e. The van der Waals surface area contributed by atoms with Crippen molar-refractivity contribution in [3.63, 3.8) is 0 Å². The third-order valence-corrected chi connectivity index (χ3v) is 5.21. The fourth-order valence-corrected chi connectivity index (χ4v) is 3.43. The summed E-state index contributed by atoms with van der Waals surface area (Å²) in [7, 11) is -2.12. The van der Waals surface area contributed by atoms with Crippen molar-refractivity contribution in [1.82, 2.24) is 10.6 Å². The Kier molecular flexibility index (Phi) is 7.40. The molecular weight excluding hydrogens is 357 g/mol. The molecule has 0 fully saturated rings. The van der Waals surface area contributed by atoms with Crippen LogP contribution in [0, 0.1) is 5.82 Å². The maximum absolute atomic E-state index is 13.6. The summed E-state index contributed by atoms with van der Waals surface area (Å²) in [4.78, 5) is 3.72. The number of sulfone groups is 1. The van der Waals surface area contributed by atoms with E-state index < -0.39 is 15.7 Å². The molecule has 0 aliphatic carbocycles. The summed E-state index contributed by atoms with van der Waals surface area (Å²) in [6.45, 7) is 1.03. The van der Waals surface area contributed by atoms with E-state index in [1.807, 2.05) is 30.3 Å². The number of hydrogen-bond donors (Lipinski definition) is 2. The van der Waals surface area contributed by atoms with Gasteiger partial charge in [-0.1, -0.05) is 30.3 Å². The Morgan fingerprint density at radius 3 is 2.38 bits per heavy atom. The van der Waals surface area contributed by atoms with Gasteiger partial charge in [0.2, 0.25) is 0 Å². The average molecular weight is 379 g/mol. The molecule has 0 spiro atoms. The van der Waals surface area contributed by atoms with Crippen LogP contribution in [0.2, 0.25) is 0 Å². The van der Waals surface area contributed by atoms with E-state index in [1.165, 1.54) is 18.2 Å². The molecule has 0 saturated carbocycles. The lowest BCUT2D eigenvalue weighted by Crippen LogP contribution is -2.41. The largest absolute Gasteiger partial charge is 0.492 e. The van der Waals surface area contributed by atoms with Gasteiger partial charge in [0.05, 0.1) is 12.3 Å². The number of hydrogen-bond acceptors (Lipinski definition) is 4. The van der Waals surface area contributed by atoms with Crippen LogP contribution < -0.4 is 15.4 Å². The van der Waals surface area contributed by atoms with E-state index in [1.54, 1.807) is 7.05 Å². The molecule has 2 aromatic rings. The summed E-state index contributed by atoms with van der Waals surface area (Å²) in [5.41, 5.74) is 0. The fraction of sp³-hybridized carbons (Fsp3) is 0.278. The van der Waals surface area contributed by atoms with E-state index in [2.05, 4.69) is 15.6 Å². The van der Waals surface area contributed by atoms with Gasteiger partial charge in [0.25, 0.3) is 0 Å². The number of nitrogens with one attached hydrogen (secondary N) is 2. The van der Waals surface area contributed by atoms with Gasteiger partial charge < -0.3 is 15.4 Å². The average Bonchev–Trinajstić information content (AvgIpc) is 2.64. The lowest BCUT2D eigenvalue weighted by atomic mass is 10.3. The molecule has 26 heavy (non-hydrogen) atoms. The molecule has 2 aromatic carbocycles. The van der Waals surface area contributed by atoms with Gasteiger partial charge in [-0.2, -0.15) is 0 Å². The summed E-state index contributed by atoms with van der Waals surface area (Å²) in [6, 6.07) is 14.8. The third kappa shape index (κ3) is 6.03. The number of rotatable bonds is 8. The van der Waals surface area contributed by atoms with Crippen molar-refractivity contribution in [1.29, 1.82) is 0 Å². The summed E-state index contributed by atoms with van der Waals surface area (Å²) in [6.07, 6.45) is 0. The van der Waals surface area contributed by atoms with E-state index in [-0.39, 0.29) is 17.2 Å². The van der Waals surface area contributed by atoms with Crippen LogP contribution in [0.25, 0.3) is 0 Å². The molecule has 0 aliphatic rings. The van der Waals surface area contributed by atoms with Crippen molar-refractivity contribution in [2.75, 3.05) is 32.5 Å². The zero-order valence-corrected chi connectivity index (χ0v) is 15.3. The lowest BCUT2D eigenvalue weighted by Gasteiger charge is -2.13. The number of ether oxygens (including phenoxy) is 1. The standard InChI is InChI=1S/C18H22FN3O3S/c1-20-18(21-11-13-25-15-7-3-2-4-8-15)22-12-14-26(23,24)17-10-6-5-9-16(17)19/h2-10H,11-14H2,1H3,(H2,20,21,22). The number of halogens is 1. The van der Waals surface area contributed by atoms with Gasteiger partial charge in [0.15, 0.2) is 15.8 Å². The number of para-hydroxylation sites is 1. The van der Waals surface area contributed by atoms with Gasteiger partial charge >= 0.3 is 0 Å². The molecule has 0 aromatic heterocycles. The highest BCUT2D eigenvalue weighted by molar-refractivity contribution is 7.91. The first kappa shape index (κ1) is 19.7. The van der Waals surface area contributed by atoms with Crippen molar-refractivity contribution in [3.8, 4) is 5.75 Å². The molecule has 0 aliphatic heterocycles. The Labute approximate surface area is 153 Å². The van der Waals surface area contributed by atoms with Crippen LogP contribution in [-0.4, -0.2) is 46.9 Å². The molecule has 0 radical (unpaired) electrons. The number of aliphatic imine (C=N–C) groups is 1. The molecule has 0 atom stereocenters. The van der Waals surface area contributed by atoms with E-state index in [4.69, 9.17) is 4.74 Å². The minimum atomic E-state index is -3.70. The van der Waals surface area contributed by atoms with Gasteiger partial charge in [-0.05, 0) is 24.3 Å². The topological polar surface area (TPSA) is 79.8 Å². The lowest BCUT2D eigenvalue weighted by molar-refractivity contribution is 0.322. The van der Waals surface area contributed by atoms with Crippen LogP contribution in [0.3, 0.4) is 0 Å². The van der Waals surface area contributed by atoms with Crippen molar-refractivity contribution >= 4 is 15.8 Å². The second-order valence-corrected chi connectivity index (χ2v) is 7.41. The zero-order valence-electron chi connectivity index (χ0n) is 14.5. The highest BCUT2D eigenvalue weighted by Crippen LogP contribution is 2.14. The maximum Gasteiger partial charge on any atom is 0.191 e. The van der Waals surface area contributed by atoms with Crippen molar-refractivity contribution in [3.05, 3.63) is 60.4 Å². The van der Waals surface area contributed by atoms with Crippen LogP contribution in [0.4, 0.5) is 4.39 Å². The molecule has 0 bridgehead atoms. The second kappa shape index (κ2) is 9.76. The molecule has 0 unspecified atom stereocenters. The molecule has 2 rings (SSSR count). The zero-order chi connectivity index (χ0) is 18.8. The first-order valence-corrected chi connectivity index (χ1v) is 9.78. The summed E-state index contributed by atoms with van der Waals surface area (Å²) in [5, 5.41) is 5.92. The predicted molar refractivity (Wildman–Crippen MR) is 99.8 cm³/mol. The highest BCUT2D eigenvalue weighted by atomic mass is 32.2. The molecule has 0 amide bonds. The molecule has 6 nitrogen and oxygen atoms in total. The van der Waals surface area contributed by atoms with Gasteiger partial charge in [0, 0.05) is 13.6 Å². The number of benzene rings is 2. The third-order valence-electron chi connectivity index (χ3n) is 3.46. The van der Waals surface area contributed by atoms with Crippen LogP contribution in [-0.2, 0) is 9.84 Å². The maximum atomic E-state index is 13.6. The molecule has 0 saturated heterocycles. The van der Waals surface area contributed by atoms with E-state index in [0.717, 1.165) is 11.8 Å². The normalized spacial score (nSPS) is 11.8. The van der Waals surface area contributed by atoms with Crippen LogP contribution in [0.5, 0.6) is 5.75 Å². The second-order valence-electron chi connectivity index (χ2n) is 5.34. The van der Waals surface area contributed by atoms with Gasteiger partial charge in [0.1, 0.15) is 23.1 Å². The van der Waals surface area contributed by atoms with Gasteiger partial charge in [-0.3, -0.25) is 4.99 Å². The van der Waals surface area contributed by atoms with E-state index in [9.17, 15) is 12.8 Å². The van der Waals surface area contributed by atoms with Crippen molar-refractivity contribution in [2.45, 2.75) is 4.90 Å². The Morgan fingerprint density at radius 2 is 1.69 bits per heavy atom. The summed E-state index contributed by atoms with van der Waals surface area (Å²) >= 11 is 0. The Hall–Kier alpha value is -2.61. The van der Waals surface area contributed by atoms with Crippen LogP contribution in [0.15, 0.2) is 64.5 Å². The highest BCUT2D eigenvalue weighted by Gasteiger charge is 2.18. The molecule has 0 heterocycles. The van der Waals surface area contributed by atoms with Crippen LogP contribution in [0.1, 0.15) is 0 Å². The first-order chi connectivity index (χ1) is 12.5. The van der Waals surface area contributed by atoms with Crippen molar-refractivity contribution in [2.24, 2.45) is 4.99 Å². The summed E-state index contributed by atoms with van der Waals surface area (Å²) in [5.74, 6) is 0.237. The number of guanidine groups is 1. The number of nitrogens with zero attached hydrogens (tertiary/aromatic N) is 1. The molecule has 8 heteroatoms. The Bertz CT molecular complexity index is 827. The van der Waals surface area contributed by atoms with Gasteiger partial charge in [-0.15, -0.1) is 0 Å². The van der Waals surface area contributed by atoms with E-state index >= 15 is 0 Å². The Balaban J connectivity index is 1.74. The quantitative estimate of drug-likeness (QED) is 0.416. The first-order valence-electron chi connectivity index (χ1n) is 8.12. The van der Waals surface area contributed by atoms with Crippen LogP contribution >= 0.6 is 0 Å². The summed E-state index contributed by atoms with van der Waals surface area (Å²) < 4.78 is 43.5. The van der Waals surface area contributed by atoms with Gasteiger partial charge in [-0.25, -0.2) is 12.8 Å². The van der Waals surface area contributed by atoms with Crippen molar-refractivity contribution < 1.29 is 17.5 Å².